The number of aromatic amines is 1. The number of alkyl halides is 3. The maximum Gasteiger partial charge on any atom is 0.397 e. The summed E-state index contributed by atoms with van der Waals surface area (Å²) in [5.41, 5.74) is 4.62. The van der Waals surface area contributed by atoms with Gasteiger partial charge in [0, 0.05) is 49.7 Å². The van der Waals surface area contributed by atoms with Crippen LogP contribution in [-0.2, 0) is 4.79 Å². The zero-order valence-electron chi connectivity index (χ0n) is 21.3. The molecule has 4 aromatic rings. The van der Waals surface area contributed by atoms with Crippen molar-refractivity contribution in [1.29, 1.82) is 0 Å². The molecule has 1 fully saturated rings. The van der Waals surface area contributed by atoms with Crippen LogP contribution in [0.3, 0.4) is 0 Å². The van der Waals surface area contributed by atoms with Crippen LogP contribution in [0, 0.1) is 6.92 Å². The quantitative estimate of drug-likeness (QED) is 0.332. The summed E-state index contributed by atoms with van der Waals surface area (Å²) in [5.74, 6) is 0.160. The summed E-state index contributed by atoms with van der Waals surface area (Å²) >= 11 is 6.70. The summed E-state index contributed by atoms with van der Waals surface area (Å²) in [4.78, 5) is 36.0. The predicted molar refractivity (Wildman–Crippen MR) is 142 cm³/mol. The number of fused-ring (bicyclic) bond motifs is 1. The third-order valence-electron chi connectivity index (χ3n) is 6.75. The lowest BCUT2D eigenvalue weighted by molar-refractivity contribution is -0.162. The van der Waals surface area contributed by atoms with Gasteiger partial charge in [-0.25, -0.2) is 19.9 Å². The Morgan fingerprint density at radius 1 is 1.13 bits per heavy atom. The van der Waals surface area contributed by atoms with Crippen LogP contribution >= 0.6 is 11.6 Å². The first-order chi connectivity index (χ1) is 18.6. The fourth-order valence-electron chi connectivity index (χ4n) is 4.65. The monoisotopic (exact) mass is 558 g/mol. The van der Waals surface area contributed by atoms with Gasteiger partial charge in [0.25, 0.3) is 0 Å². The van der Waals surface area contributed by atoms with Crippen LogP contribution in [0.4, 0.5) is 24.9 Å². The van der Waals surface area contributed by atoms with Gasteiger partial charge in [0.2, 0.25) is 11.9 Å². The van der Waals surface area contributed by atoms with Gasteiger partial charge in [0.1, 0.15) is 18.6 Å². The van der Waals surface area contributed by atoms with Crippen molar-refractivity contribution in [3.8, 4) is 11.3 Å². The van der Waals surface area contributed by atoms with Gasteiger partial charge >= 0.3 is 6.18 Å². The topological polar surface area (TPSA) is 103 Å². The Kier molecular flexibility index (Phi) is 7.41. The van der Waals surface area contributed by atoms with Crippen molar-refractivity contribution in [2.75, 3.05) is 31.5 Å². The van der Waals surface area contributed by atoms with Crippen LogP contribution < -0.4 is 5.32 Å². The van der Waals surface area contributed by atoms with Gasteiger partial charge in [0.05, 0.1) is 21.7 Å². The van der Waals surface area contributed by atoms with Gasteiger partial charge in [-0.3, -0.25) is 9.69 Å². The highest BCUT2D eigenvalue weighted by molar-refractivity contribution is 6.37. The van der Waals surface area contributed by atoms with Gasteiger partial charge in [-0.2, -0.15) is 13.2 Å². The Bertz CT molecular complexity index is 1500. The van der Waals surface area contributed by atoms with E-state index in [9.17, 15) is 18.0 Å². The summed E-state index contributed by atoms with van der Waals surface area (Å²) in [6.45, 7) is 5.37. The van der Waals surface area contributed by atoms with Gasteiger partial charge in [-0.15, -0.1) is 0 Å². The third kappa shape index (κ3) is 6.12. The van der Waals surface area contributed by atoms with E-state index in [2.05, 4.69) is 35.1 Å². The van der Waals surface area contributed by atoms with E-state index in [-0.39, 0.29) is 19.1 Å². The van der Waals surface area contributed by atoms with Crippen molar-refractivity contribution in [3.05, 3.63) is 59.1 Å². The maximum absolute atomic E-state index is 12.6. The Balaban J connectivity index is 1.27. The number of aryl methyl sites for hydroxylation is 1. The van der Waals surface area contributed by atoms with Crippen molar-refractivity contribution in [3.63, 3.8) is 0 Å². The van der Waals surface area contributed by atoms with Crippen molar-refractivity contribution in [1.82, 2.24) is 34.7 Å². The first-order valence-electron chi connectivity index (χ1n) is 12.4. The second-order valence-electron chi connectivity index (χ2n) is 9.44. The highest BCUT2D eigenvalue weighted by Crippen LogP contribution is 2.34. The number of piperazine rings is 1. The molecule has 1 amide bonds. The van der Waals surface area contributed by atoms with E-state index in [0.29, 0.717) is 46.6 Å². The highest BCUT2D eigenvalue weighted by atomic mass is 35.5. The number of amides is 1. The number of hydrogen-bond donors (Lipinski definition) is 2. The lowest BCUT2D eigenvalue weighted by Crippen LogP contribution is -2.50. The molecule has 1 aliphatic rings. The number of carbonyl (C=O) groups is 1. The number of anilines is 2. The molecule has 0 radical (unpaired) electrons. The Labute approximate surface area is 227 Å². The lowest BCUT2D eigenvalue weighted by atomic mass is 10.1. The molecule has 204 valence electrons. The zero-order valence-corrected chi connectivity index (χ0v) is 22.0. The average Bonchev–Trinajstić information content (AvgIpc) is 3.31. The van der Waals surface area contributed by atoms with Gasteiger partial charge in [-0.1, -0.05) is 11.6 Å². The number of pyridine rings is 1. The largest absolute Gasteiger partial charge is 0.397 e. The molecule has 1 aliphatic heterocycles. The molecule has 1 atom stereocenters. The van der Waals surface area contributed by atoms with Crippen LogP contribution in [0.5, 0.6) is 0 Å². The molecule has 0 aliphatic carbocycles. The summed E-state index contributed by atoms with van der Waals surface area (Å²) < 4.78 is 37.7. The standard InChI is InChI=1S/C26H26ClF3N8O/c1-15-11-20(33-14-32-15)18-3-4-19-24(23(18)27)36-25(34-19)35-21-12-17(5-6-31-21)16(2)37-7-9-38(10-8-37)22(39)13-26(28,29)30/h3-6,11-12,14,16H,7-10,13H2,1-2H3,(H2,31,34,35,36). The Morgan fingerprint density at radius 3 is 2.62 bits per heavy atom. The summed E-state index contributed by atoms with van der Waals surface area (Å²) in [6, 6.07) is 9.35. The molecule has 0 spiro atoms. The van der Waals surface area contributed by atoms with Crippen molar-refractivity contribution >= 4 is 40.3 Å². The molecule has 1 aromatic carbocycles. The van der Waals surface area contributed by atoms with E-state index in [1.165, 1.54) is 11.2 Å². The normalized spacial score (nSPS) is 15.5. The van der Waals surface area contributed by atoms with Crippen molar-refractivity contribution in [2.24, 2.45) is 0 Å². The van der Waals surface area contributed by atoms with Crippen LogP contribution in [0.1, 0.15) is 30.6 Å². The second-order valence-corrected chi connectivity index (χ2v) is 9.81. The van der Waals surface area contributed by atoms with E-state index < -0.39 is 18.5 Å². The van der Waals surface area contributed by atoms with Gasteiger partial charge in [-0.05, 0) is 49.7 Å². The summed E-state index contributed by atoms with van der Waals surface area (Å²) in [6.07, 6.45) is -2.73. The van der Waals surface area contributed by atoms with Crippen LogP contribution in [0.25, 0.3) is 22.3 Å². The number of carbonyl (C=O) groups excluding carboxylic acids is 1. The molecule has 9 nitrogen and oxygen atoms in total. The second kappa shape index (κ2) is 10.8. The Morgan fingerprint density at radius 2 is 1.90 bits per heavy atom. The number of imidazole rings is 1. The number of nitrogens with zero attached hydrogens (tertiary/aromatic N) is 6. The predicted octanol–water partition coefficient (Wildman–Crippen LogP) is 5.28. The summed E-state index contributed by atoms with van der Waals surface area (Å²) in [7, 11) is 0. The Hall–Kier alpha value is -3.77. The lowest BCUT2D eigenvalue weighted by Gasteiger charge is -2.38. The number of H-pyrrole nitrogens is 1. The minimum atomic E-state index is -4.49. The van der Waals surface area contributed by atoms with E-state index in [1.807, 2.05) is 44.2 Å². The molecule has 0 bridgehead atoms. The molecular weight excluding hydrogens is 533 g/mol. The van der Waals surface area contributed by atoms with E-state index >= 15 is 0 Å². The van der Waals surface area contributed by atoms with E-state index in [0.717, 1.165) is 16.8 Å². The van der Waals surface area contributed by atoms with Crippen LogP contribution in [0.15, 0.2) is 42.9 Å². The molecule has 1 unspecified atom stereocenters. The number of halogens is 4. The van der Waals surface area contributed by atoms with E-state index in [1.54, 1.807) is 6.20 Å². The molecule has 4 heterocycles. The molecule has 0 saturated carbocycles. The molecule has 1 saturated heterocycles. The van der Waals surface area contributed by atoms with Gasteiger partial charge in [0.15, 0.2) is 0 Å². The fourth-order valence-corrected chi connectivity index (χ4v) is 4.96. The molecule has 3 aromatic heterocycles. The molecular formula is C26H26ClF3N8O. The number of hydrogen-bond acceptors (Lipinski definition) is 7. The zero-order chi connectivity index (χ0) is 27.7. The molecule has 2 N–H and O–H groups in total. The van der Waals surface area contributed by atoms with Gasteiger partial charge < -0.3 is 15.2 Å². The van der Waals surface area contributed by atoms with E-state index in [4.69, 9.17) is 11.6 Å². The van der Waals surface area contributed by atoms with Crippen molar-refractivity contribution < 1.29 is 18.0 Å². The SMILES string of the molecule is Cc1cc(-c2ccc3nc(Nc4cc(C(C)N5CCN(C(=O)CC(F)(F)F)CC5)ccn4)[nH]c3c2Cl)ncn1. The number of benzene rings is 1. The van der Waals surface area contributed by atoms with Crippen LogP contribution in [-0.4, -0.2) is 73.0 Å². The fraction of sp³-hybridized carbons (Fsp3) is 0.346. The smallest absolute Gasteiger partial charge is 0.340 e. The van der Waals surface area contributed by atoms with Crippen LogP contribution in [0.2, 0.25) is 5.02 Å². The average molecular weight is 559 g/mol. The number of nitrogens with one attached hydrogen (secondary N) is 2. The summed E-state index contributed by atoms with van der Waals surface area (Å²) in [5, 5.41) is 3.69. The molecule has 13 heteroatoms. The maximum atomic E-state index is 12.6. The number of rotatable bonds is 6. The highest BCUT2D eigenvalue weighted by Gasteiger charge is 2.35. The molecule has 39 heavy (non-hydrogen) atoms. The third-order valence-corrected chi connectivity index (χ3v) is 7.15. The minimum absolute atomic E-state index is 0.0302. The first kappa shape index (κ1) is 26.8. The number of aromatic nitrogens is 5. The van der Waals surface area contributed by atoms with Crippen molar-refractivity contribution in [2.45, 2.75) is 32.5 Å². The first-order valence-corrected chi connectivity index (χ1v) is 12.7. The minimum Gasteiger partial charge on any atom is -0.340 e. The molecule has 5 rings (SSSR count).